The number of ether oxygens (including phenoxy) is 1. The molecule has 1 saturated heterocycles. The second-order valence-corrected chi connectivity index (χ2v) is 7.38. The molecule has 0 aliphatic carbocycles. The maximum atomic E-state index is 11.1. The smallest absolute Gasteiger partial charge is 0.248 e. The number of nitrogens with zero attached hydrogens (tertiary/aromatic N) is 1. The van der Waals surface area contributed by atoms with Gasteiger partial charge in [-0.25, -0.2) is 0 Å². The Hall–Kier alpha value is -1.63. The zero-order valence-corrected chi connectivity index (χ0v) is 17.6. The van der Waals surface area contributed by atoms with Crippen LogP contribution in [0.4, 0.5) is 5.69 Å². The van der Waals surface area contributed by atoms with Crippen LogP contribution in [0.2, 0.25) is 0 Å². The van der Waals surface area contributed by atoms with Crippen molar-refractivity contribution in [1.82, 2.24) is 9.88 Å². The first kappa shape index (κ1) is 21.7. The van der Waals surface area contributed by atoms with E-state index in [4.69, 9.17) is 4.74 Å². The summed E-state index contributed by atoms with van der Waals surface area (Å²) in [5.74, 6) is 0.728. The minimum absolute atomic E-state index is 0.0695. The molecule has 0 saturated carbocycles. The predicted molar refractivity (Wildman–Crippen MR) is 116 cm³/mol. The molecule has 0 bridgehead atoms. The van der Waals surface area contributed by atoms with E-state index in [0.717, 1.165) is 44.1 Å². The number of likely N-dealkylation sites (tertiary alicyclic amines) is 1. The maximum absolute atomic E-state index is 11.1. The molecule has 1 aromatic rings. The van der Waals surface area contributed by atoms with Crippen molar-refractivity contribution < 1.29 is 4.74 Å². The van der Waals surface area contributed by atoms with Gasteiger partial charge in [0.15, 0.2) is 0 Å². The molecule has 1 aromatic heterocycles. The lowest BCUT2D eigenvalue weighted by Gasteiger charge is -2.33. The third-order valence-electron chi connectivity index (χ3n) is 4.98. The lowest BCUT2D eigenvalue weighted by Crippen LogP contribution is -2.37. The topological polar surface area (TPSA) is 57.4 Å². The van der Waals surface area contributed by atoms with Gasteiger partial charge in [-0.15, -0.1) is 0 Å². The monoisotopic (exact) mass is 435 g/mol. The fraction of sp³-hybridized carbons (Fsp3) is 0.476. The number of allylic oxidation sites excluding steroid dienone is 4. The summed E-state index contributed by atoms with van der Waals surface area (Å²) in [4.78, 5) is 18.2. The minimum Gasteiger partial charge on any atom is -0.362 e. The zero-order valence-electron chi connectivity index (χ0n) is 16.0. The van der Waals surface area contributed by atoms with Crippen molar-refractivity contribution >= 4 is 21.6 Å². The Kier molecular flexibility index (Phi) is 9.59. The second-order valence-electron chi connectivity index (χ2n) is 6.85. The summed E-state index contributed by atoms with van der Waals surface area (Å²) in [5.41, 5.74) is 2.06. The Labute approximate surface area is 170 Å². The van der Waals surface area contributed by atoms with Crippen LogP contribution in [0.25, 0.3) is 0 Å². The van der Waals surface area contributed by atoms with E-state index in [1.807, 2.05) is 17.1 Å². The Bertz CT molecular complexity index is 670. The van der Waals surface area contributed by atoms with Crippen LogP contribution in [0.1, 0.15) is 25.7 Å². The molecular formula is C21H30BrN3O2. The number of hydrogen-bond donors (Lipinski definition) is 2. The largest absolute Gasteiger partial charge is 0.362 e. The molecule has 1 unspecified atom stereocenters. The lowest BCUT2D eigenvalue weighted by molar-refractivity contribution is 0.0951. The highest BCUT2D eigenvalue weighted by atomic mass is 79.9. The van der Waals surface area contributed by atoms with Gasteiger partial charge in [-0.2, -0.15) is 0 Å². The van der Waals surface area contributed by atoms with Crippen LogP contribution in [-0.4, -0.2) is 42.9 Å². The van der Waals surface area contributed by atoms with Gasteiger partial charge in [-0.3, -0.25) is 4.79 Å². The third kappa shape index (κ3) is 7.87. The molecule has 2 rings (SSSR count). The number of rotatable bonds is 10. The Morgan fingerprint density at radius 3 is 2.85 bits per heavy atom. The van der Waals surface area contributed by atoms with E-state index < -0.39 is 0 Å². The average Bonchev–Trinajstić information content (AvgIpc) is 2.70. The lowest BCUT2D eigenvalue weighted by atomic mass is 9.90. The fourth-order valence-corrected chi connectivity index (χ4v) is 3.51. The van der Waals surface area contributed by atoms with Crippen molar-refractivity contribution in [1.29, 1.82) is 0 Å². The Morgan fingerprint density at radius 1 is 1.48 bits per heavy atom. The summed E-state index contributed by atoms with van der Waals surface area (Å²) in [7, 11) is 1.71. The SMILES string of the molecule is C=C/C(=C\C=C\Br)CC1CCN(CCC(Nc2ccc(=O)[nH]c2)OC)CC1. The van der Waals surface area contributed by atoms with Crippen LogP contribution >= 0.6 is 15.9 Å². The molecule has 2 heterocycles. The highest BCUT2D eigenvalue weighted by Crippen LogP contribution is 2.25. The van der Waals surface area contributed by atoms with Crippen LogP contribution in [-0.2, 0) is 4.74 Å². The van der Waals surface area contributed by atoms with Gasteiger partial charge in [0.2, 0.25) is 5.56 Å². The molecule has 1 aliphatic rings. The predicted octanol–water partition coefficient (Wildman–Crippen LogP) is 4.27. The van der Waals surface area contributed by atoms with Gasteiger partial charge in [0.25, 0.3) is 0 Å². The summed E-state index contributed by atoms with van der Waals surface area (Å²) >= 11 is 3.30. The summed E-state index contributed by atoms with van der Waals surface area (Å²) in [5, 5.41) is 3.31. The molecule has 6 heteroatoms. The molecular weight excluding hydrogens is 406 g/mol. The second kappa shape index (κ2) is 12.0. The van der Waals surface area contributed by atoms with Crippen LogP contribution in [0, 0.1) is 5.92 Å². The van der Waals surface area contributed by atoms with Crippen LogP contribution < -0.4 is 10.9 Å². The third-order valence-corrected chi connectivity index (χ3v) is 5.29. The highest BCUT2D eigenvalue weighted by molar-refractivity contribution is 9.11. The van der Waals surface area contributed by atoms with E-state index in [0.29, 0.717) is 0 Å². The van der Waals surface area contributed by atoms with Gasteiger partial charge < -0.3 is 19.9 Å². The van der Waals surface area contributed by atoms with Gasteiger partial charge in [0.1, 0.15) is 6.23 Å². The number of nitrogens with one attached hydrogen (secondary N) is 2. The van der Waals surface area contributed by atoms with Crippen LogP contribution in [0.3, 0.4) is 0 Å². The quantitative estimate of drug-likeness (QED) is 0.425. The van der Waals surface area contributed by atoms with E-state index in [1.54, 1.807) is 19.4 Å². The average molecular weight is 436 g/mol. The number of aromatic amines is 1. The summed E-state index contributed by atoms with van der Waals surface area (Å²) in [6.45, 7) is 7.17. The molecule has 1 fully saturated rings. The first-order chi connectivity index (χ1) is 13.1. The van der Waals surface area contributed by atoms with Crippen molar-refractivity contribution in [2.24, 2.45) is 5.92 Å². The summed E-state index contributed by atoms with van der Waals surface area (Å²) in [6.07, 6.45) is 12.1. The van der Waals surface area contributed by atoms with E-state index >= 15 is 0 Å². The molecule has 148 valence electrons. The number of piperidine rings is 1. The zero-order chi connectivity index (χ0) is 19.5. The van der Waals surface area contributed by atoms with Gasteiger partial charge in [-0.1, -0.05) is 40.7 Å². The maximum Gasteiger partial charge on any atom is 0.248 e. The number of H-pyrrole nitrogens is 1. The van der Waals surface area contributed by atoms with Crippen molar-refractivity contribution in [3.05, 3.63) is 64.0 Å². The number of halogens is 1. The Balaban J connectivity index is 1.73. The molecule has 27 heavy (non-hydrogen) atoms. The van der Waals surface area contributed by atoms with Crippen LogP contribution in [0.15, 0.2) is 58.5 Å². The number of aromatic nitrogens is 1. The van der Waals surface area contributed by atoms with Gasteiger partial charge in [-0.05, 0) is 54.9 Å². The van der Waals surface area contributed by atoms with Crippen molar-refractivity contribution in [2.75, 3.05) is 32.1 Å². The minimum atomic E-state index is -0.102. The molecule has 2 N–H and O–H groups in total. The first-order valence-corrected chi connectivity index (χ1v) is 10.3. The fourth-order valence-electron chi connectivity index (χ4n) is 3.36. The van der Waals surface area contributed by atoms with E-state index in [-0.39, 0.29) is 11.8 Å². The van der Waals surface area contributed by atoms with E-state index in [2.05, 4.69) is 43.8 Å². The molecule has 0 amide bonds. The molecule has 0 radical (unpaired) electrons. The summed E-state index contributed by atoms with van der Waals surface area (Å²) < 4.78 is 5.54. The molecule has 1 atom stereocenters. The number of hydrogen-bond acceptors (Lipinski definition) is 4. The molecule has 5 nitrogen and oxygen atoms in total. The molecule has 1 aliphatic heterocycles. The normalized spacial score (nSPS) is 17.9. The number of methoxy groups -OCH3 is 1. The molecule has 0 spiro atoms. The van der Waals surface area contributed by atoms with Crippen molar-refractivity contribution in [3.63, 3.8) is 0 Å². The number of anilines is 1. The van der Waals surface area contributed by atoms with Crippen LogP contribution in [0.5, 0.6) is 0 Å². The van der Waals surface area contributed by atoms with E-state index in [9.17, 15) is 4.79 Å². The van der Waals surface area contributed by atoms with Crippen molar-refractivity contribution in [2.45, 2.75) is 31.9 Å². The standard InChI is InChI=1S/C21H30BrN3O2/c1-3-17(5-4-11-22)15-18-8-12-25(13-9-18)14-10-21(27-2)24-19-6-7-20(26)23-16-19/h3-7,11,16,18,21,24H,1,8-10,12-15H2,2H3,(H,23,26)/b11-4+,17-5+. The first-order valence-electron chi connectivity index (χ1n) is 9.43. The van der Waals surface area contributed by atoms with Gasteiger partial charge >= 0.3 is 0 Å². The Morgan fingerprint density at radius 2 is 2.26 bits per heavy atom. The van der Waals surface area contributed by atoms with Crippen molar-refractivity contribution in [3.8, 4) is 0 Å². The summed E-state index contributed by atoms with van der Waals surface area (Å²) in [6, 6.07) is 3.28. The van der Waals surface area contributed by atoms with E-state index in [1.165, 1.54) is 24.5 Å². The molecule has 0 aromatic carbocycles. The highest BCUT2D eigenvalue weighted by Gasteiger charge is 2.20. The van der Waals surface area contributed by atoms with Gasteiger partial charge in [0, 0.05) is 32.3 Å². The van der Waals surface area contributed by atoms with Gasteiger partial charge in [0.05, 0.1) is 5.69 Å². The number of pyridine rings is 1.